The molecule has 3 aromatic rings. The van der Waals surface area contributed by atoms with E-state index in [0.29, 0.717) is 12.0 Å². The first kappa shape index (κ1) is 25.9. The molecule has 2 aliphatic carbocycles. The van der Waals surface area contributed by atoms with Crippen molar-refractivity contribution in [2.75, 3.05) is 26.7 Å². The minimum atomic E-state index is -0.272. The van der Waals surface area contributed by atoms with E-state index in [1.165, 1.54) is 25.3 Å². The lowest BCUT2D eigenvalue weighted by molar-refractivity contribution is -0.157. The van der Waals surface area contributed by atoms with Crippen LogP contribution in [0.3, 0.4) is 0 Å². The van der Waals surface area contributed by atoms with Crippen molar-refractivity contribution in [2.24, 2.45) is 11.8 Å². The Bertz CT molecular complexity index is 1370. The first-order chi connectivity index (χ1) is 18.9. The number of amides is 1. The number of likely N-dealkylation sites (tertiary alicyclic amines) is 1. The molecular weight excluding hydrogens is 488 g/mol. The van der Waals surface area contributed by atoms with Crippen LogP contribution in [-0.2, 0) is 14.9 Å². The highest BCUT2D eigenvalue weighted by molar-refractivity contribution is 5.98. The summed E-state index contributed by atoms with van der Waals surface area (Å²) in [6, 6.07) is 22.1. The number of nitrogens with one attached hydrogen (secondary N) is 1. The van der Waals surface area contributed by atoms with Gasteiger partial charge in [0.2, 0.25) is 0 Å². The van der Waals surface area contributed by atoms with Crippen LogP contribution >= 0.6 is 0 Å². The number of benzene rings is 3. The van der Waals surface area contributed by atoms with Crippen molar-refractivity contribution in [3.8, 4) is 5.75 Å². The third-order valence-electron chi connectivity index (χ3n) is 9.14. The van der Waals surface area contributed by atoms with Crippen LogP contribution in [0.1, 0.15) is 54.9 Å². The molecule has 204 valence electrons. The molecule has 39 heavy (non-hydrogen) atoms. The predicted molar refractivity (Wildman–Crippen MR) is 152 cm³/mol. The second-order valence-corrected chi connectivity index (χ2v) is 11.8. The van der Waals surface area contributed by atoms with Crippen LogP contribution in [0.25, 0.3) is 10.8 Å². The Morgan fingerprint density at radius 3 is 2.62 bits per heavy atom. The topological polar surface area (TPSA) is 67.9 Å². The van der Waals surface area contributed by atoms with E-state index in [0.717, 1.165) is 54.9 Å². The van der Waals surface area contributed by atoms with E-state index >= 15 is 0 Å². The molecule has 3 fully saturated rings. The molecule has 4 unspecified atom stereocenters. The smallest absolute Gasteiger partial charge is 0.302 e. The summed E-state index contributed by atoms with van der Waals surface area (Å²) < 4.78 is 11.7. The van der Waals surface area contributed by atoms with E-state index in [2.05, 4.69) is 34.5 Å². The molecule has 0 aromatic heterocycles. The summed E-state index contributed by atoms with van der Waals surface area (Å²) in [5, 5.41) is 5.49. The number of piperidine rings is 1. The van der Waals surface area contributed by atoms with Crippen LogP contribution in [0.15, 0.2) is 66.7 Å². The molecule has 0 bridgehead atoms. The fourth-order valence-corrected chi connectivity index (χ4v) is 7.07. The van der Waals surface area contributed by atoms with Gasteiger partial charge in [-0.1, -0.05) is 42.5 Å². The Kier molecular flexibility index (Phi) is 7.06. The molecule has 6 heteroatoms. The first-order valence-electron chi connectivity index (χ1n) is 14.3. The van der Waals surface area contributed by atoms with Gasteiger partial charge in [0.05, 0.1) is 7.11 Å². The van der Waals surface area contributed by atoms with Crippen LogP contribution in [0.2, 0.25) is 0 Å². The lowest BCUT2D eigenvalue weighted by Gasteiger charge is -2.55. The number of carbonyl (C=O) groups excluding carboxylic acids is 2. The van der Waals surface area contributed by atoms with Crippen LogP contribution in [0.5, 0.6) is 5.75 Å². The Morgan fingerprint density at radius 1 is 1.03 bits per heavy atom. The highest BCUT2D eigenvalue weighted by Gasteiger charge is 2.54. The zero-order chi connectivity index (χ0) is 27.0. The molecule has 3 aliphatic rings. The van der Waals surface area contributed by atoms with Gasteiger partial charge in [-0.3, -0.25) is 9.59 Å². The van der Waals surface area contributed by atoms with Gasteiger partial charge in [-0.2, -0.15) is 0 Å². The Morgan fingerprint density at radius 2 is 1.85 bits per heavy atom. The molecular formula is C33H38N2O4. The first-order valence-corrected chi connectivity index (χ1v) is 14.3. The van der Waals surface area contributed by atoms with E-state index in [9.17, 15) is 9.59 Å². The van der Waals surface area contributed by atoms with Crippen molar-refractivity contribution in [1.82, 2.24) is 10.2 Å². The monoisotopic (exact) mass is 526 g/mol. The molecule has 6 rings (SSSR count). The minimum absolute atomic E-state index is 0.0854. The number of carbonyl (C=O) groups is 2. The third-order valence-corrected chi connectivity index (χ3v) is 9.14. The molecule has 0 spiro atoms. The summed E-state index contributed by atoms with van der Waals surface area (Å²) in [7, 11) is 1.70. The summed E-state index contributed by atoms with van der Waals surface area (Å²) in [6.45, 7) is 4.52. The summed E-state index contributed by atoms with van der Waals surface area (Å²) >= 11 is 0. The molecule has 4 atom stereocenters. The molecule has 3 aromatic carbocycles. The van der Waals surface area contributed by atoms with Crippen molar-refractivity contribution in [3.05, 3.63) is 77.9 Å². The van der Waals surface area contributed by atoms with Crippen molar-refractivity contribution >= 4 is 22.6 Å². The SMILES string of the molecule is COc1cccc(C23CCN(CC4CC4)CC2C(OC(C)=O)CC(NC(=O)c2ccc4ccccc4c2)C3)c1. The van der Waals surface area contributed by atoms with Gasteiger partial charge < -0.3 is 19.7 Å². The molecule has 0 radical (unpaired) electrons. The Balaban J connectivity index is 1.32. The Hall–Kier alpha value is -3.38. The molecule has 1 heterocycles. The van der Waals surface area contributed by atoms with Gasteiger partial charge in [-0.15, -0.1) is 0 Å². The van der Waals surface area contributed by atoms with Crippen LogP contribution in [0, 0.1) is 11.8 Å². The fraction of sp³-hybridized carbons (Fsp3) is 0.455. The minimum Gasteiger partial charge on any atom is -0.497 e. The zero-order valence-corrected chi connectivity index (χ0v) is 22.9. The maximum atomic E-state index is 13.5. The number of hydrogen-bond acceptors (Lipinski definition) is 5. The lowest BCUT2D eigenvalue weighted by atomic mass is 9.56. The molecule has 1 saturated heterocycles. The molecule has 2 saturated carbocycles. The number of nitrogens with zero attached hydrogens (tertiary/aromatic N) is 1. The van der Waals surface area contributed by atoms with Crippen molar-refractivity contribution in [3.63, 3.8) is 0 Å². The number of esters is 1. The largest absolute Gasteiger partial charge is 0.497 e. The molecule has 6 nitrogen and oxygen atoms in total. The van der Waals surface area contributed by atoms with Crippen LogP contribution < -0.4 is 10.1 Å². The average molecular weight is 527 g/mol. The Labute approximate surface area is 230 Å². The summed E-state index contributed by atoms with van der Waals surface area (Å²) in [5.41, 5.74) is 1.63. The predicted octanol–water partition coefficient (Wildman–Crippen LogP) is 5.34. The van der Waals surface area contributed by atoms with Crippen molar-refractivity contribution in [2.45, 2.75) is 56.6 Å². The van der Waals surface area contributed by atoms with Gasteiger partial charge in [0.25, 0.3) is 5.91 Å². The van der Waals surface area contributed by atoms with Gasteiger partial charge in [0.15, 0.2) is 0 Å². The van der Waals surface area contributed by atoms with Gasteiger partial charge in [0.1, 0.15) is 11.9 Å². The van der Waals surface area contributed by atoms with E-state index in [4.69, 9.17) is 9.47 Å². The summed E-state index contributed by atoms with van der Waals surface area (Å²) in [4.78, 5) is 28.4. The number of hydrogen-bond donors (Lipinski definition) is 1. The quantitative estimate of drug-likeness (QED) is 0.421. The maximum Gasteiger partial charge on any atom is 0.302 e. The fourth-order valence-electron chi connectivity index (χ4n) is 7.07. The second-order valence-electron chi connectivity index (χ2n) is 11.8. The van der Waals surface area contributed by atoms with Crippen molar-refractivity contribution in [1.29, 1.82) is 0 Å². The van der Waals surface area contributed by atoms with Crippen LogP contribution in [-0.4, -0.2) is 55.7 Å². The van der Waals surface area contributed by atoms with Gasteiger partial charge >= 0.3 is 5.97 Å². The van der Waals surface area contributed by atoms with E-state index in [-0.39, 0.29) is 35.4 Å². The van der Waals surface area contributed by atoms with Crippen LogP contribution in [0.4, 0.5) is 0 Å². The average Bonchev–Trinajstić information content (AvgIpc) is 3.77. The number of methoxy groups -OCH3 is 1. The van der Waals surface area contributed by atoms with E-state index in [1.54, 1.807) is 7.11 Å². The molecule has 1 aliphatic heterocycles. The van der Waals surface area contributed by atoms with E-state index in [1.807, 2.05) is 42.5 Å². The molecule has 1 amide bonds. The zero-order valence-electron chi connectivity index (χ0n) is 22.9. The van der Waals surface area contributed by atoms with Crippen molar-refractivity contribution < 1.29 is 19.1 Å². The molecule has 1 N–H and O–H groups in total. The lowest BCUT2D eigenvalue weighted by Crippen LogP contribution is -2.61. The number of ether oxygens (including phenoxy) is 2. The third kappa shape index (κ3) is 5.40. The van der Waals surface area contributed by atoms with Gasteiger partial charge in [-0.25, -0.2) is 0 Å². The van der Waals surface area contributed by atoms with Gasteiger partial charge in [-0.05, 0) is 78.7 Å². The number of rotatable bonds is 7. The summed E-state index contributed by atoms with van der Waals surface area (Å²) in [6.07, 6.45) is 4.74. The number of fused-ring (bicyclic) bond motifs is 2. The highest BCUT2D eigenvalue weighted by Crippen LogP contribution is 2.51. The van der Waals surface area contributed by atoms with E-state index < -0.39 is 0 Å². The normalized spacial score (nSPS) is 27.0. The summed E-state index contributed by atoms with van der Waals surface area (Å²) in [5.74, 6) is 1.43. The van der Waals surface area contributed by atoms with Gasteiger partial charge in [0, 0.05) is 49.4 Å². The maximum absolute atomic E-state index is 13.5. The standard InChI is InChI=1S/C33H38N2O4/c1-22(36)39-31-18-28(34-32(37)26-13-12-24-6-3-4-7-25(24)16-26)19-33(27-8-5-9-29(17-27)38-2)14-15-35(21-30(31)33)20-23-10-11-23/h3-9,12-13,16-17,23,28,30-31H,10-11,14-15,18-21H2,1-2H3,(H,34,37). The highest BCUT2D eigenvalue weighted by atomic mass is 16.5. The second kappa shape index (κ2) is 10.6.